The predicted molar refractivity (Wildman–Crippen MR) is 373 cm³/mol. The summed E-state index contributed by atoms with van der Waals surface area (Å²) in [5.74, 6) is 0. The predicted octanol–water partition coefficient (Wildman–Crippen LogP) is 21.1. The molecule has 0 bridgehead atoms. The second-order valence-electron chi connectivity index (χ2n) is 24.7. The summed E-state index contributed by atoms with van der Waals surface area (Å²) in [6.45, 7) is 6.93. The maximum atomic E-state index is 2.67. The van der Waals surface area contributed by atoms with E-state index in [4.69, 9.17) is 0 Å². The maximum absolute atomic E-state index is 2.67. The third-order valence-electron chi connectivity index (χ3n) is 18.7. The maximum Gasteiger partial charge on any atom is 0.252 e. The Labute approximate surface area is 508 Å². The third-order valence-corrected chi connectivity index (χ3v) is 18.7. The van der Waals surface area contributed by atoms with Crippen LogP contribution >= 0.6 is 0 Å². The monoisotopic (exact) mass is 1110 g/mol. The van der Waals surface area contributed by atoms with Crippen LogP contribution in [0.2, 0.25) is 0 Å². The molecule has 0 spiro atoms. The molecule has 0 aliphatic carbocycles. The minimum Gasteiger partial charge on any atom is -0.310 e. The van der Waals surface area contributed by atoms with E-state index in [1.54, 1.807) is 0 Å². The van der Waals surface area contributed by atoms with Crippen LogP contribution in [0.15, 0.2) is 303 Å². The van der Waals surface area contributed by atoms with Crippen molar-refractivity contribution in [3.05, 3.63) is 309 Å². The Morgan fingerprint density at radius 3 is 1.06 bits per heavy atom. The Morgan fingerprint density at radius 2 is 0.632 bits per heavy atom. The Balaban J connectivity index is 1.03. The standard InChI is InChI=1S/C84H59BN2/c1-84(2,3)64-52-77-81-78(53-64)87(83-67(57-30-15-7-16-31-57)39-23-40-68(83)58-32-17-8-18-33-58)76-47-45-61(63-48-62-36-21-42-70-69-41-19-34-59-35-20-43-71(79(59)69)72(49-63)80(62)70)51-74(76)85(81)73-50-60(54-24-9-4-10-25-54)44-46-75(73)86(77)82-65(55-26-11-5-12-27-55)37-22-38-66(82)56-28-13-6-14-29-56/h4-53H,1-3H3. The van der Waals surface area contributed by atoms with Crippen LogP contribution in [0.3, 0.4) is 0 Å². The molecule has 15 aromatic rings. The molecule has 2 aliphatic heterocycles. The highest BCUT2D eigenvalue weighted by molar-refractivity contribution is 7.00. The molecule has 87 heavy (non-hydrogen) atoms. The van der Waals surface area contributed by atoms with Gasteiger partial charge in [0.15, 0.2) is 0 Å². The van der Waals surface area contributed by atoms with Crippen molar-refractivity contribution in [3.63, 3.8) is 0 Å². The van der Waals surface area contributed by atoms with Gasteiger partial charge in [-0.05, 0) is 151 Å². The summed E-state index contributed by atoms with van der Waals surface area (Å²) in [4.78, 5) is 5.34. The molecule has 0 saturated carbocycles. The van der Waals surface area contributed by atoms with Crippen molar-refractivity contribution in [1.82, 2.24) is 0 Å². The second-order valence-corrected chi connectivity index (χ2v) is 24.7. The molecule has 2 heterocycles. The van der Waals surface area contributed by atoms with E-state index >= 15 is 0 Å². The van der Waals surface area contributed by atoms with E-state index in [1.807, 2.05) is 0 Å². The van der Waals surface area contributed by atoms with E-state index in [2.05, 4.69) is 334 Å². The molecule has 0 fully saturated rings. The van der Waals surface area contributed by atoms with Gasteiger partial charge in [-0.2, -0.15) is 0 Å². The largest absolute Gasteiger partial charge is 0.310 e. The van der Waals surface area contributed by atoms with Gasteiger partial charge >= 0.3 is 0 Å². The van der Waals surface area contributed by atoms with Crippen LogP contribution in [0, 0.1) is 0 Å². The lowest BCUT2D eigenvalue weighted by Crippen LogP contribution is -2.61. The van der Waals surface area contributed by atoms with Crippen LogP contribution in [-0.4, -0.2) is 6.71 Å². The molecule has 0 radical (unpaired) electrons. The zero-order chi connectivity index (χ0) is 57.9. The van der Waals surface area contributed by atoms with Gasteiger partial charge in [0.1, 0.15) is 0 Å². The normalized spacial score (nSPS) is 12.7. The first-order chi connectivity index (χ1) is 42.8. The highest BCUT2D eigenvalue weighted by atomic mass is 15.2. The lowest BCUT2D eigenvalue weighted by atomic mass is 9.33. The molecule has 408 valence electrons. The average Bonchev–Trinajstić information content (AvgIpc) is 0.727. The van der Waals surface area contributed by atoms with Crippen molar-refractivity contribution in [2.24, 2.45) is 0 Å². The molecule has 17 rings (SSSR count). The second kappa shape index (κ2) is 19.9. The summed E-state index contributed by atoms with van der Waals surface area (Å²) in [5.41, 5.74) is 25.9. The summed E-state index contributed by atoms with van der Waals surface area (Å²) in [5, 5.41) is 10.3. The molecule has 3 heteroatoms. The van der Waals surface area contributed by atoms with E-state index in [1.165, 1.54) is 127 Å². The quantitative estimate of drug-likeness (QED) is 0.0850. The Morgan fingerprint density at radius 1 is 0.264 bits per heavy atom. The van der Waals surface area contributed by atoms with Crippen LogP contribution in [0.5, 0.6) is 0 Å². The smallest absolute Gasteiger partial charge is 0.252 e. The molecule has 0 aromatic heterocycles. The van der Waals surface area contributed by atoms with Crippen LogP contribution in [0.4, 0.5) is 34.1 Å². The first-order valence-electron chi connectivity index (χ1n) is 30.5. The fraction of sp³-hybridized carbons (Fsp3) is 0.0476. The van der Waals surface area contributed by atoms with Crippen LogP contribution in [-0.2, 0) is 5.41 Å². The minimum absolute atomic E-state index is 0.190. The van der Waals surface area contributed by atoms with Gasteiger partial charge in [-0.15, -0.1) is 0 Å². The van der Waals surface area contributed by atoms with Crippen molar-refractivity contribution < 1.29 is 0 Å². The van der Waals surface area contributed by atoms with Gasteiger partial charge in [0, 0.05) is 45.0 Å². The molecule has 0 unspecified atom stereocenters. The number of hydrogen-bond acceptors (Lipinski definition) is 2. The van der Waals surface area contributed by atoms with Gasteiger partial charge < -0.3 is 9.80 Å². The first-order valence-corrected chi connectivity index (χ1v) is 30.5. The fourth-order valence-electron chi connectivity index (χ4n) is 14.7. The van der Waals surface area contributed by atoms with Gasteiger partial charge in [0.2, 0.25) is 0 Å². The van der Waals surface area contributed by atoms with Crippen molar-refractivity contribution in [3.8, 4) is 66.8 Å². The van der Waals surface area contributed by atoms with Gasteiger partial charge in [0.25, 0.3) is 6.71 Å². The van der Waals surface area contributed by atoms with Crippen molar-refractivity contribution in [1.29, 1.82) is 0 Å². The van der Waals surface area contributed by atoms with E-state index in [9.17, 15) is 0 Å². The van der Waals surface area contributed by atoms with E-state index in [-0.39, 0.29) is 12.1 Å². The zero-order valence-corrected chi connectivity index (χ0v) is 48.8. The topological polar surface area (TPSA) is 6.48 Å². The van der Waals surface area contributed by atoms with Crippen LogP contribution in [0.25, 0.3) is 110 Å². The van der Waals surface area contributed by atoms with E-state index in [0.717, 1.165) is 39.3 Å². The number of anilines is 6. The van der Waals surface area contributed by atoms with Crippen LogP contribution < -0.4 is 26.2 Å². The average molecular weight is 1110 g/mol. The van der Waals surface area contributed by atoms with Crippen molar-refractivity contribution in [2.45, 2.75) is 26.2 Å². The van der Waals surface area contributed by atoms with Crippen LogP contribution in [0.1, 0.15) is 26.3 Å². The highest BCUT2D eigenvalue weighted by Gasteiger charge is 2.46. The molecule has 15 aromatic carbocycles. The first kappa shape index (κ1) is 50.8. The Hall–Kier alpha value is -10.7. The van der Waals surface area contributed by atoms with Crippen molar-refractivity contribution in [2.75, 3.05) is 9.80 Å². The lowest BCUT2D eigenvalue weighted by molar-refractivity contribution is 0.590. The lowest BCUT2D eigenvalue weighted by Gasteiger charge is -2.46. The number of para-hydroxylation sites is 2. The van der Waals surface area contributed by atoms with Gasteiger partial charge in [0.05, 0.1) is 11.4 Å². The summed E-state index contributed by atoms with van der Waals surface area (Å²) >= 11 is 0. The SMILES string of the molecule is CC(C)(C)c1cc2c3c(c1)N(c1c(-c4ccccc4)cccc1-c1ccccc1)c1ccc(-c4cc5cccc6c7cccc8cccc(c(c4)c56)c87)cc1B3c1cc(-c3ccccc3)ccc1N2c1c(-c2ccccc2)cccc1-c1ccccc1. The fourth-order valence-corrected chi connectivity index (χ4v) is 14.7. The highest BCUT2D eigenvalue weighted by Crippen LogP contribution is 2.54. The van der Waals surface area contributed by atoms with E-state index in [0.29, 0.717) is 0 Å². The third kappa shape index (κ3) is 8.10. The Kier molecular flexibility index (Phi) is 11.6. The molecule has 0 amide bonds. The number of nitrogens with zero attached hydrogens (tertiary/aromatic N) is 2. The number of benzene rings is 15. The van der Waals surface area contributed by atoms with Gasteiger partial charge in [-0.1, -0.05) is 288 Å². The molecule has 2 nitrogen and oxygen atoms in total. The number of rotatable bonds is 8. The number of fused-ring (bicyclic) bond motifs is 6. The summed E-state index contributed by atoms with van der Waals surface area (Å²) < 4.78 is 0. The molecule has 0 atom stereocenters. The summed E-state index contributed by atoms with van der Waals surface area (Å²) in [7, 11) is 0. The molecule has 0 N–H and O–H groups in total. The van der Waals surface area contributed by atoms with Gasteiger partial charge in [-0.3, -0.25) is 0 Å². The zero-order valence-electron chi connectivity index (χ0n) is 48.8. The van der Waals surface area contributed by atoms with Gasteiger partial charge in [-0.25, -0.2) is 0 Å². The number of hydrogen-bond donors (Lipinski definition) is 0. The molecular formula is C84H59BN2. The van der Waals surface area contributed by atoms with Crippen molar-refractivity contribution >= 4 is 100 Å². The summed E-state index contributed by atoms with van der Waals surface area (Å²) in [6.07, 6.45) is 0. The Bertz CT molecular complexity index is 5050. The minimum atomic E-state index is -0.247. The summed E-state index contributed by atoms with van der Waals surface area (Å²) in [6, 6.07) is 114. The molecular weight excluding hydrogens is 1050 g/mol. The molecule has 2 aliphatic rings. The molecule has 0 saturated heterocycles. The van der Waals surface area contributed by atoms with E-state index < -0.39 is 0 Å².